The molecule has 0 radical (unpaired) electrons. The number of hydrogen-bond acceptors (Lipinski definition) is 5. The van der Waals surface area contributed by atoms with Crippen molar-refractivity contribution in [1.82, 2.24) is 4.90 Å². The van der Waals surface area contributed by atoms with Crippen LogP contribution in [0, 0.1) is 0 Å². The SMILES string of the molecule is COc1ccc2c3c1OC1C(=O)CC[C@@]4(O)[C@@H](C2)N(CCc2ccccc2)CC[C@]314. The second-order valence-corrected chi connectivity index (χ2v) is 9.23. The number of likely N-dealkylation sites (tertiary alicyclic amines) is 1. The predicted molar refractivity (Wildman–Crippen MR) is 112 cm³/mol. The molecule has 30 heavy (non-hydrogen) atoms. The Balaban J connectivity index is 1.43. The van der Waals surface area contributed by atoms with Gasteiger partial charge in [-0.15, -0.1) is 0 Å². The normalized spacial score (nSPS) is 33.7. The van der Waals surface area contributed by atoms with Crippen LogP contribution in [0.5, 0.6) is 11.5 Å². The monoisotopic (exact) mass is 405 g/mol. The zero-order valence-electron chi connectivity index (χ0n) is 17.3. The van der Waals surface area contributed by atoms with Crippen LogP contribution < -0.4 is 9.47 Å². The molecular formula is C25H27NO4. The first kappa shape index (κ1) is 18.4. The van der Waals surface area contributed by atoms with Crippen LogP contribution in [-0.2, 0) is 23.1 Å². The first-order valence-electron chi connectivity index (χ1n) is 11.0. The molecule has 1 saturated heterocycles. The molecule has 5 nitrogen and oxygen atoms in total. The fraction of sp³-hybridized carbons (Fsp3) is 0.480. The largest absolute Gasteiger partial charge is 0.493 e. The van der Waals surface area contributed by atoms with Crippen molar-refractivity contribution in [2.75, 3.05) is 20.2 Å². The third kappa shape index (κ3) is 2.17. The van der Waals surface area contributed by atoms with Gasteiger partial charge in [0.05, 0.1) is 18.1 Å². The van der Waals surface area contributed by atoms with Crippen molar-refractivity contribution in [3.63, 3.8) is 0 Å². The summed E-state index contributed by atoms with van der Waals surface area (Å²) in [5.74, 6) is 1.46. The van der Waals surface area contributed by atoms with Crippen LogP contribution >= 0.6 is 0 Å². The van der Waals surface area contributed by atoms with E-state index in [9.17, 15) is 9.90 Å². The van der Waals surface area contributed by atoms with Gasteiger partial charge in [-0.3, -0.25) is 9.69 Å². The summed E-state index contributed by atoms with van der Waals surface area (Å²) in [6.07, 6.45) is 2.76. The summed E-state index contributed by atoms with van der Waals surface area (Å²) in [6.45, 7) is 1.77. The molecule has 5 heteroatoms. The van der Waals surface area contributed by atoms with Crippen LogP contribution in [-0.4, -0.2) is 53.7 Å². The summed E-state index contributed by atoms with van der Waals surface area (Å²) >= 11 is 0. The number of aliphatic hydroxyl groups is 1. The Morgan fingerprint density at radius 3 is 2.83 bits per heavy atom. The van der Waals surface area contributed by atoms with E-state index in [-0.39, 0.29) is 11.8 Å². The molecule has 2 aliphatic carbocycles. The van der Waals surface area contributed by atoms with E-state index in [1.54, 1.807) is 7.11 Å². The summed E-state index contributed by atoms with van der Waals surface area (Å²) in [6, 6.07) is 14.6. The molecule has 1 unspecified atom stereocenters. The van der Waals surface area contributed by atoms with Gasteiger partial charge in [-0.25, -0.2) is 0 Å². The molecule has 2 heterocycles. The minimum absolute atomic E-state index is 0.000933. The lowest BCUT2D eigenvalue weighted by Gasteiger charge is -2.62. The maximum absolute atomic E-state index is 13.0. The van der Waals surface area contributed by atoms with Gasteiger partial charge in [0.15, 0.2) is 23.4 Å². The summed E-state index contributed by atoms with van der Waals surface area (Å²) < 4.78 is 11.8. The predicted octanol–water partition coefficient (Wildman–Crippen LogP) is 2.66. The molecule has 2 fully saturated rings. The van der Waals surface area contributed by atoms with Crippen molar-refractivity contribution in [2.24, 2.45) is 0 Å². The third-order valence-electron chi connectivity index (χ3n) is 8.10. The van der Waals surface area contributed by atoms with Crippen molar-refractivity contribution < 1.29 is 19.4 Å². The Bertz CT molecular complexity index is 1020. The molecule has 2 bridgehead atoms. The van der Waals surface area contributed by atoms with Gasteiger partial charge in [-0.1, -0.05) is 36.4 Å². The Hall–Kier alpha value is -2.37. The number of benzene rings is 2. The van der Waals surface area contributed by atoms with E-state index >= 15 is 0 Å². The number of Topliss-reactive ketones (excluding diaryl/α,β-unsaturated/α-hetero) is 1. The van der Waals surface area contributed by atoms with E-state index in [2.05, 4.69) is 35.2 Å². The second kappa shape index (κ2) is 6.32. The molecule has 0 amide bonds. The second-order valence-electron chi connectivity index (χ2n) is 9.23. The third-order valence-corrected chi connectivity index (χ3v) is 8.10. The molecule has 1 N–H and O–H groups in total. The number of carbonyl (C=O) groups excluding carboxylic acids is 1. The fourth-order valence-corrected chi connectivity index (χ4v) is 6.75. The van der Waals surface area contributed by atoms with E-state index in [0.29, 0.717) is 24.3 Å². The molecule has 4 aliphatic rings. The molecule has 4 atom stereocenters. The Morgan fingerprint density at radius 2 is 2.03 bits per heavy atom. The number of rotatable bonds is 4. The lowest BCUT2D eigenvalue weighted by Crippen LogP contribution is -2.76. The molecule has 0 aromatic heterocycles. The van der Waals surface area contributed by atoms with Gasteiger partial charge in [-0.2, -0.15) is 0 Å². The van der Waals surface area contributed by atoms with Crippen LogP contribution in [0.15, 0.2) is 42.5 Å². The van der Waals surface area contributed by atoms with Gasteiger partial charge in [-0.05, 0) is 49.4 Å². The smallest absolute Gasteiger partial charge is 0.174 e. The van der Waals surface area contributed by atoms with Gasteiger partial charge >= 0.3 is 0 Å². The molecule has 6 rings (SSSR count). The van der Waals surface area contributed by atoms with Crippen molar-refractivity contribution in [1.29, 1.82) is 0 Å². The van der Waals surface area contributed by atoms with Crippen LogP contribution in [0.4, 0.5) is 0 Å². The van der Waals surface area contributed by atoms with E-state index in [1.807, 2.05) is 12.1 Å². The van der Waals surface area contributed by atoms with Crippen LogP contribution in [0.2, 0.25) is 0 Å². The molecule has 1 saturated carbocycles. The van der Waals surface area contributed by atoms with Gasteiger partial charge in [0, 0.05) is 24.6 Å². The van der Waals surface area contributed by atoms with Crippen LogP contribution in [0.25, 0.3) is 0 Å². The first-order chi connectivity index (χ1) is 14.6. The summed E-state index contributed by atoms with van der Waals surface area (Å²) in [5.41, 5.74) is 1.95. The number of carbonyl (C=O) groups is 1. The molecule has 2 aromatic rings. The van der Waals surface area contributed by atoms with Crippen LogP contribution in [0.3, 0.4) is 0 Å². The van der Waals surface area contributed by atoms with Crippen molar-refractivity contribution in [2.45, 2.75) is 55.3 Å². The summed E-state index contributed by atoms with van der Waals surface area (Å²) in [7, 11) is 1.63. The van der Waals surface area contributed by atoms with Gasteiger partial charge < -0.3 is 14.6 Å². The zero-order valence-corrected chi connectivity index (χ0v) is 17.3. The van der Waals surface area contributed by atoms with Gasteiger partial charge in [0.25, 0.3) is 0 Å². The summed E-state index contributed by atoms with van der Waals surface area (Å²) in [5, 5.41) is 12.2. The highest BCUT2D eigenvalue weighted by molar-refractivity contribution is 5.90. The average Bonchev–Trinajstić information content (AvgIpc) is 3.12. The number of methoxy groups -OCH3 is 1. The standard InChI is InChI=1S/C25H27NO4/c1-29-19-8-7-17-15-20-25(28)11-9-18(27)23-24(25,21(17)22(19)30-23)12-14-26(20)13-10-16-5-3-2-4-6-16/h2-8,20,23,28H,9-15H2,1H3/t20-,23?,24+,25-/m1/s1. The minimum Gasteiger partial charge on any atom is -0.493 e. The van der Waals surface area contributed by atoms with Gasteiger partial charge in [0.1, 0.15) is 0 Å². The lowest BCUT2D eigenvalue weighted by atomic mass is 9.49. The molecule has 1 spiro atoms. The number of ether oxygens (including phenoxy) is 2. The summed E-state index contributed by atoms with van der Waals surface area (Å²) in [4.78, 5) is 15.4. The lowest BCUT2D eigenvalue weighted by molar-refractivity contribution is -0.188. The van der Waals surface area contributed by atoms with Crippen molar-refractivity contribution in [3.05, 3.63) is 59.2 Å². The van der Waals surface area contributed by atoms with Gasteiger partial charge in [0.2, 0.25) is 0 Å². The number of piperidine rings is 1. The Labute approximate surface area is 176 Å². The van der Waals surface area contributed by atoms with E-state index in [0.717, 1.165) is 37.9 Å². The molecule has 2 aromatic carbocycles. The molecule has 2 aliphatic heterocycles. The molecule has 156 valence electrons. The Morgan fingerprint density at radius 1 is 1.20 bits per heavy atom. The topological polar surface area (TPSA) is 59.0 Å². The number of hydrogen-bond donors (Lipinski definition) is 1. The van der Waals surface area contributed by atoms with Crippen molar-refractivity contribution in [3.8, 4) is 11.5 Å². The van der Waals surface area contributed by atoms with E-state index in [4.69, 9.17) is 9.47 Å². The zero-order chi connectivity index (χ0) is 20.5. The van der Waals surface area contributed by atoms with Crippen LogP contribution in [0.1, 0.15) is 36.0 Å². The Kier molecular flexibility index (Phi) is 3.87. The maximum atomic E-state index is 13.0. The van der Waals surface area contributed by atoms with E-state index in [1.165, 1.54) is 11.1 Å². The van der Waals surface area contributed by atoms with E-state index < -0.39 is 17.1 Å². The quantitative estimate of drug-likeness (QED) is 0.848. The average molecular weight is 405 g/mol. The number of ketones is 1. The highest BCUT2D eigenvalue weighted by Crippen LogP contribution is 2.64. The maximum Gasteiger partial charge on any atom is 0.174 e. The molecular weight excluding hydrogens is 378 g/mol. The number of nitrogens with zero attached hydrogens (tertiary/aromatic N) is 1. The fourth-order valence-electron chi connectivity index (χ4n) is 6.75. The highest BCUT2D eigenvalue weighted by atomic mass is 16.5. The highest BCUT2D eigenvalue weighted by Gasteiger charge is 2.73. The minimum atomic E-state index is -0.953. The first-order valence-corrected chi connectivity index (χ1v) is 11.0. The van der Waals surface area contributed by atoms with Crippen molar-refractivity contribution >= 4 is 5.78 Å².